The Bertz CT molecular complexity index is 1310. The number of para-hydroxylation sites is 1. The molecule has 0 radical (unpaired) electrons. The molecule has 0 aliphatic rings. The van der Waals surface area contributed by atoms with Crippen LogP contribution in [-0.2, 0) is 4.79 Å². The van der Waals surface area contributed by atoms with Gasteiger partial charge in [0, 0.05) is 14.1 Å². The predicted molar refractivity (Wildman–Crippen MR) is 137 cm³/mol. The van der Waals surface area contributed by atoms with Crippen molar-refractivity contribution in [2.45, 2.75) is 25.9 Å². The molecular formula is C26H30N4O6. The Hall–Kier alpha value is -4.18. The summed E-state index contributed by atoms with van der Waals surface area (Å²) in [7, 11) is 3.08. The third-order valence-corrected chi connectivity index (χ3v) is 5.79. The highest BCUT2D eigenvalue weighted by Crippen LogP contribution is 2.32. The molecule has 3 aromatic rings. The second-order valence-corrected chi connectivity index (χ2v) is 8.96. The van der Waals surface area contributed by atoms with E-state index in [-0.39, 0.29) is 40.9 Å². The molecule has 0 aliphatic carbocycles. The minimum atomic E-state index is -0.901. The van der Waals surface area contributed by atoms with Crippen LogP contribution in [-0.4, -0.2) is 53.7 Å². The number of phenolic OH excluding ortho intramolecular Hbond substituents is 1. The highest BCUT2D eigenvalue weighted by atomic mass is 16.3. The van der Waals surface area contributed by atoms with Crippen LogP contribution in [0.2, 0.25) is 0 Å². The highest BCUT2D eigenvalue weighted by Gasteiger charge is 2.30. The molecule has 0 spiro atoms. The van der Waals surface area contributed by atoms with Gasteiger partial charge in [-0.05, 0) is 23.6 Å². The van der Waals surface area contributed by atoms with E-state index >= 15 is 0 Å². The molecule has 5 N–H and O–H groups in total. The van der Waals surface area contributed by atoms with Crippen molar-refractivity contribution >= 4 is 28.9 Å². The number of hydrogen-bond donors (Lipinski definition) is 5. The third kappa shape index (κ3) is 5.38. The van der Waals surface area contributed by atoms with Crippen LogP contribution >= 0.6 is 0 Å². The molecule has 0 saturated carbocycles. The summed E-state index contributed by atoms with van der Waals surface area (Å²) in [6.45, 7) is 3.22. The molecule has 0 bridgehead atoms. The molecule has 0 aromatic heterocycles. The molecular weight excluding hydrogens is 464 g/mol. The quantitative estimate of drug-likeness (QED) is 0.211. The Balaban J connectivity index is 1.84. The van der Waals surface area contributed by atoms with Crippen LogP contribution in [0.4, 0.5) is 17.1 Å². The average Bonchev–Trinajstić information content (AvgIpc) is 2.87. The Morgan fingerprint density at radius 2 is 1.58 bits per heavy atom. The van der Waals surface area contributed by atoms with E-state index in [9.17, 15) is 29.4 Å². The number of amides is 2. The number of anilines is 3. The van der Waals surface area contributed by atoms with E-state index in [1.54, 1.807) is 38.1 Å². The molecule has 10 nitrogen and oxygen atoms in total. The Morgan fingerprint density at radius 3 is 2.17 bits per heavy atom. The van der Waals surface area contributed by atoms with Crippen LogP contribution in [0.15, 0.2) is 58.1 Å². The zero-order chi connectivity index (χ0) is 26.6. The second kappa shape index (κ2) is 11.0. The van der Waals surface area contributed by atoms with Crippen LogP contribution in [0.5, 0.6) is 5.75 Å². The number of benzene rings is 2. The molecule has 0 heterocycles. The molecule has 0 saturated heterocycles. The topological polar surface area (TPSA) is 148 Å². The van der Waals surface area contributed by atoms with Crippen LogP contribution in [0, 0.1) is 5.92 Å². The minimum Gasteiger partial charge on any atom is -0.505 e. The number of rotatable bonds is 10. The van der Waals surface area contributed by atoms with E-state index in [0.717, 1.165) is 5.56 Å². The molecule has 2 amide bonds. The summed E-state index contributed by atoms with van der Waals surface area (Å²) in [5.74, 6) is -1.56. The number of aliphatic hydroxyl groups excluding tert-OH is 1. The fraction of sp³-hybridized carbons (Fsp3) is 0.308. The van der Waals surface area contributed by atoms with Crippen LogP contribution in [0.3, 0.4) is 0 Å². The third-order valence-electron chi connectivity index (χ3n) is 5.79. The minimum absolute atomic E-state index is 0.0219. The molecule has 190 valence electrons. The predicted octanol–water partition coefficient (Wildman–Crippen LogP) is 1.72. The van der Waals surface area contributed by atoms with Gasteiger partial charge >= 0.3 is 0 Å². The first-order chi connectivity index (χ1) is 17.1. The second-order valence-electron chi connectivity index (χ2n) is 8.96. The summed E-state index contributed by atoms with van der Waals surface area (Å²) in [5.41, 5.74) is -1.04. The lowest BCUT2D eigenvalue weighted by Gasteiger charge is -2.27. The van der Waals surface area contributed by atoms with E-state index in [0.29, 0.717) is 0 Å². The number of nitrogens with one attached hydrogen (secondary N) is 3. The molecule has 0 unspecified atom stereocenters. The van der Waals surface area contributed by atoms with Crippen molar-refractivity contribution in [3.05, 3.63) is 80.1 Å². The lowest BCUT2D eigenvalue weighted by Crippen LogP contribution is -2.48. The van der Waals surface area contributed by atoms with Gasteiger partial charge in [-0.15, -0.1) is 0 Å². The van der Waals surface area contributed by atoms with Gasteiger partial charge in [0.1, 0.15) is 17.4 Å². The molecule has 2 atom stereocenters. The smallest absolute Gasteiger partial charge is 0.257 e. The lowest BCUT2D eigenvalue weighted by molar-refractivity contribution is -0.123. The maximum absolute atomic E-state index is 13.1. The van der Waals surface area contributed by atoms with Crippen molar-refractivity contribution in [1.29, 1.82) is 0 Å². The van der Waals surface area contributed by atoms with E-state index in [1.807, 2.05) is 6.07 Å². The molecule has 10 heteroatoms. The summed E-state index contributed by atoms with van der Waals surface area (Å²) in [6, 6.07) is 11.8. The van der Waals surface area contributed by atoms with Gasteiger partial charge in [-0.3, -0.25) is 19.2 Å². The summed E-state index contributed by atoms with van der Waals surface area (Å²) < 4.78 is 0. The maximum atomic E-state index is 13.1. The van der Waals surface area contributed by atoms with Gasteiger partial charge in [-0.25, -0.2) is 0 Å². The standard InChI is InChI=1S/C26H30N4O6/c1-14(2)19(25(35)28-18(13-31)15-9-6-5-7-10-15)29-21-20(23(33)24(21)34)27-17-12-8-11-16(22(17)32)26(36)30(3)4/h5-12,14,18-19,27,29,31-32H,13H2,1-4H3,(H,28,35)/t18-,19-/m1/s1. The van der Waals surface area contributed by atoms with Gasteiger partial charge in [0.25, 0.3) is 16.8 Å². The number of carbonyl (C=O) groups excluding carboxylic acids is 2. The number of aliphatic hydroxyl groups is 1. The molecule has 3 aromatic carbocycles. The van der Waals surface area contributed by atoms with Crippen molar-refractivity contribution in [2.24, 2.45) is 5.92 Å². The highest BCUT2D eigenvalue weighted by molar-refractivity contribution is 5.99. The normalized spacial score (nSPS) is 12.7. The summed E-state index contributed by atoms with van der Waals surface area (Å²) in [4.78, 5) is 51.4. The van der Waals surface area contributed by atoms with E-state index in [4.69, 9.17) is 0 Å². The van der Waals surface area contributed by atoms with Gasteiger partial charge in [0.05, 0.1) is 23.9 Å². The Kier molecular flexibility index (Phi) is 8.11. The molecule has 0 fully saturated rings. The van der Waals surface area contributed by atoms with Gasteiger partial charge in [-0.1, -0.05) is 50.2 Å². The average molecular weight is 495 g/mol. The number of phenols is 1. The van der Waals surface area contributed by atoms with Crippen molar-refractivity contribution in [3.63, 3.8) is 0 Å². The van der Waals surface area contributed by atoms with Gasteiger partial charge in [-0.2, -0.15) is 0 Å². The Morgan fingerprint density at radius 1 is 0.944 bits per heavy atom. The van der Waals surface area contributed by atoms with Gasteiger partial charge in [0.2, 0.25) is 5.91 Å². The van der Waals surface area contributed by atoms with E-state index in [2.05, 4.69) is 16.0 Å². The molecule has 0 aliphatic heterocycles. The van der Waals surface area contributed by atoms with E-state index in [1.165, 1.54) is 37.2 Å². The fourth-order valence-electron chi connectivity index (χ4n) is 3.71. The van der Waals surface area contributed by atoms with Crippen LogP contribution in [0.1, 0.15) is 35.8 Å². The van der Waals surface area contributed by atoms with Crippen LogP contribution < -0.4 is 26.8 Å². The first kappa shape index (κ1) is 26.4. The zero-order valence-electron chi connectivity index (χ0n) is 20.5. The lowest BCUT2D eigenvalue weighted by atomic mass is 10.00. The van der Waals surface area contributed by atoms with E-state index < -0.39 is 34.8 Å². The largest absolute Gasteiger partial charge is 0.505 e. The summed E-state index contributed by atoms with van der Waals surface area (Å²) in [6.07, 6.45) is 0. The summed E-state index contributed by atoms with van der Waals surface area (Å²) in [5, 5.41) is 28.7. The van der Waals surface area contributed by atoms with Gasteiger partial charge < -0.3 is 31.1 Å². The SMILES string of the molecule is CC(C)[C@@H](Nc1c(Nc2cccc(C(=O)N(C)C)c2O)c(=O)c1=O)C(=O)N[C@H](CO)c1ccccc1. The van der Waals surface area contributed by atoms with Crippen molar-refractivity contribution in [3.8, 4) is 5.75 Å². The number of nitrogens with zero attached hydrogens (tertiary/aromatic N) is 1. The first-order valence-electron chi connectivity index (χ1n) is 11.4. The van der Waals surface area contributed by atoms with Crippen molar-refractivity contribution in [1.82, 2.24) is 10.2 Å². The van der Waals surface area contributed by atoms with Crippen molar-refractivity contribution < 1.29 is 19.8 Å². The molecule has 36 heavy (non-hydrogen) atoms. The first-order valence-corrected chi connectivity index (χ1v) is 11.4. The van der Waals surface area contributed by atoms with Crippen LogP contribution in [0.25, 0.3) is 0 Å². The number of carbonyl (C=O) groups is 2. The summed E-state index contributed by atoms with van der Waals surface area (Å²) >= 11 is 0. The zero-order valence-corrected chi connectivity index (χ0v) is 20.5. The number of aromatic hydroxyl groups is 1. The Labute approximate surface area is 208 Å². The number of hydrogen-bond acceptors (Lipinski definition) is 8. The fourth-order valence-corrected chi connectivity index (χ4v) is 3.71. The van der Waals surface area contributed by atoms with Crippen molar-refractivity contribution in [2.75, 3.05) is 31.3 Å². The molecule has 3 rings (SSSR count). The monoisotopic (exact) mass is 494 g/mol. The van der Waals surface area contributed by atoms with Gasteiger partial charge in [0.15, 0.2) is 5.75 Å². The maximum Gasteiger partial charge on any atom is 0.257 e.